The number of benzene rings is 1. The standard InChI is InChI=1S/C15H12BrN3O4/c16-13-7-6-12(23-13)9-17-18-15(21)11-4-1-10(2-5-11)3-8-14(20)19-22/h1-9,22H,(H,18,21)(H,19,20). The molecule has 1 heterocycles. The number of hydroxylamine groups is 1. The molecular weight excluding hydrogens is 366 g/mol. The summed E-state index contributed by atoms with van der Waals surface area (Å²) >= 11 is 3.16. The van der Waals surface area contributed by atoms with Gasteiger partial charge in [-0.25, -0.2) is 10.9 Å². The Bertz CT molecular complexity index is 750. The highest BCUT2D eigenvalue weighted by Crippen LogP contribution is 2.12. The molecule has 0 spiro atoms. The fourth-order valence-electron chi connectivity index (χ4n) is 1.57. The van der Waals surface area contributed by atoms with Crippen LogP contribution in [0.4, 0.5) is 0 Å². The fraction of sp³-hybridized carbons (Fsp3) is 0. The van der Waals surface area contributed by atoms with Gasteiger partial charge < -0.3 is 4.42 Å². The molecule has 2 aromatic rings. The minimum atomic E-state index is -0.634. The molecule has 0 radical (unpaired) electrons. The van der Waals surface area contributed by atoms with Crippen LogP contribution in [-0.4, -0.2) is 23.2 Å². The second-order valence-electron chi connectivity index (χ2n) is 4.27. The monoisotopic (exact) mass is 377 g/mol. The van der Waals surface area contributed by atoms with E-state index in [9.17, 15) is 9.59 Å². The van der Waals surface area contributed by atoms with Crippen molar-refractivity contribution in [1.82, 2.24) is 10.9 Å². The number of nitrogens with one attached hydrogen (secondary N) is 2. The van der Waals surface area contributed by atoms with Crippen molar-refractivity contribution >= 4 is 40.0 Å². The number of furan rings is 1. The Morgan fingerprint density at radius 1 is 1.17 bits per heavy atom. The first-order valence-electron chi connectivity index (χ1n) is 6.39. The molecule has 0 saturated carbocycles. The van der Waals surface area contributed by atoms with Gasteiger partial charge in [0.2, 0.25) is 0 Å². The summed E-state index contributed by atoms with van der Waals surface area (Å²) in [6.45, 7) is 0. The fourth-order valence-corrected chi connectivity index (χ4v) is 1.89. The van der Waals surface area contributed by atoms with Crippen molar-refractivity contribution in [2.24, 2.45) is 5.10 Å². The molecule has 0 aliphatic rings. The SMILES string of the molecule is O=C(C=Cc1ccc(C(=O)NN=Cc2ccc(Br)o2)cc1)NO. The average molecular weight is 378 g/mol. The molecule has 0 saturated heterocycles. The highest BCUT2D eigenvalue weighted by atomic mass is 79.9. The first-order chi connectivity index (χ1) is 11.1. The zero-order chi connectivity index (χ0) is 16.7. The lowest BCUT2D eigenvalue weighted by Crippen LogP contribution is -2.17. The topological polar surface area (TPSA) is 104 Å². The van der Waals surface area contributed by atoms with Gasteiger partial charge in [0.25, 0.3) is 11.8 Å². The molecule has 2 rings (SSSR count). The van der Waals surface area contributed by atoms with Crippen molar-refractivity contribution in [1.29, 1.82) is 0 Å². The Labute approximate surface area is 139 Å². The van der Waals surface area contributed by atoms with Crippen LogP contribution in [0.25, 0.3) is 6.08 Å². The Balaban J connectivity index is 1.93. The first-order valence-corrected chi connectivity index (χ1v) is 7.19. The van der Waals surface area contributed by atoms with E-state index in [0.29, 0.717) is 21.6 Å². The molecule has 118 valence electrons. The molecule has 23 heavy (non-hydrogen) atoms. The van der Waals surface area contributed by atoms with Crippen LogP contribution in [0.2, 0.25) is 0 Å². The van der Waals surface area contributed by atoms with Crippen LogP contribution in [0.5, 0.6) is 0 Å². The summed E-state index contributed by atoms with van der Waals surface area (Å²) < 4.78 is 5.77. The van der Waals surface area contributed by atoms with E-state index >= 15 is 0 Å². The maximum absolute atomic E-state index is 11.9. The van der Waals surface area contributed by atoms with Crippen LogP contribution in [-0.2, 0) is 4.79 Å². The number of nitrogens with zero attached hydrogens (tertiary/aromatic N) is 1. The molecule has 7 nitrogen and oxygen atoms in total. The van der Waals surface area contributed by atoms with Crippen LogP contribution in [0.1, 0.15) is 21.7 Å². The maximum Gasteiger partial charge on any atom is 0.271 e. The summed E-state index contributed by atoms with van der Waals surface area (Å²) in [5, 5.41) is 12.2. The first kappa shape index (κ1) is 16.7. The maximum atomic E-state index is 11.9. The molecule has 0 atom stereocenters. The molecule has 0 aliphatic heterocycles. The summed E-state index contributed by atoms with van der Waals surface area (Å²) in [4.78, 5) is 22.7. The minimum absolute atomic E-state index is 0.379. The van der Waals surface area contributed by atoms with Gasteiger partial charge in [-0.15, -0.1) is 0 Å². The highest BCUT2D eigenvalue weighted by molar-refractivity contribution is 9.10. The summed E-state index contributed by atoms with van der Waals surface area (Å²) in [5.74, 6) is -0.513. The van der Waals surface area contributed by atoms with Gasteiger partial charge in [-0.2, -0.15) is 5.10 Å². The minimum Gasteiger partial charge on any atom is -0.448 e. The second-order valence-corrected chi connectivity index (χ2v) is 5.05. The number of hydrazone groups is 1. The van der Waals surface area contributed by atoms with Gasteiger partial charge in [0, 0.05) is 11.6 Å². The zero-order valence-electron chi connectivity index (χ0n) is 11.7. The lowest BCUT2D eigenvalue weighted by Gasteiger charge is -2.00. The van der Waals surface area contributed by atoms with Crippen LogP contribution in [0.15, 0.2) is 56.7 Å². The number of rotatable bonds is 5. The summed E-state index contributed by atoms with van der Waals surface area (Å²) in [6.07, 6.45) is 4.05. The van der Waals surface area contributed by atoms with Crippen LogP contribution in [0.3, 0.4) is 0 Å². The van der Waals surface area contributed by atoms with Gasteiger partial charge >= 0.3 is 0 Å². The molecule has 0 aliphatic carbocycles. The Kier molecular flexibility index (Phi) is 5.84. The summed E-state index contributed by atoms with van der Waals surface area (Å²) in [5.41, 5.74) is 4.97. The molecular formula is C15H12BrN3O4. The van der Waals surface area contributed by atoms with E-state index in [1.54, 1.807) is 36.4 Å². The van der Waals surface area contributed by atoms with Crippen molar-refractivity contribution in [3.05, 3.63) is 64.0 Å². The van der Waals surface area contributed by atoms with Crippen LogP contribution in [0, 0.1) is 0 Å². The Morgan fingerprint density at radius 2 is 1.91 bits per heavy atom. The van der Waals surface area contributed by atoms with Crippen molar-refractivity contribution in [3.63, 3.8) is 0 Å². The average Bonchev–Trinajstić information content (AvgIpc) is 2.98. The van der Waals surface area contributed by atoms with E-state index in [1.165, 1.54) is 23.8 Å². The van der Waals surface area contributed by atoms with E-state index < -0.39 is 5.91 Å². The number of amides is 2. The van der Waals surface area contributed by atoms with Gasteiger partial charge in [-0.05, 0) is 51.8 Å². The summed E-state index contributed by atoms with van der Waals surface area (Å²) in [7, 11) is 0. The molecule has 3 N–H and O–H groups in total. The van der Waals surface area contributed by atoms with Crippen molar-refractivity contribution in [2.75, 3.05) is 0 Å². The molecule has 2 amide bonds. The molecule has 0 fully saturated rings. The normalized spacial score (nSPS) is 11.0. The lowest BCUT2D eigenvalue weighted by molar-refractivity contribution is -0.124. The molecule has 0 unspecified atom stereocenters. The number of carbonyl (C=O) groups excluding carboxylic acids is 2. The van der Waals surface area contributed by atoms with Crippen LogP contribution < -0.4 is 10.9 Å². The van der Waals surface area contributed by atoms with Gasteiger partial charge in [0.05, 0.1) is 6.21 Å². The smallest absolute Gasteiger partial charge is 0.271 e. The number of halogens is 1. The zero-order valence-corrected chi connectivity index (χ0v) is 13.3. The Hall–Kier alpha value is -2.71. The van der Waals surface area contributed by atoms with Gasteiger partial charge in [0.15, 0.2) is 4.67 Å². The predicted molar refractivity (Wildman–Crippen MR) is 86.9 cm³/mol. The lowest BCUT2D eigenvalue weighted by atomic mass is 10.1. The molecule has 1 aromatic carbocycles. The summed E-state index contributed by atoms with van der Waals surface area (Å²) in [6, 6.07) is 9.90. The van der Waals surface area contributed by atoms with Crippen molar-refractivity contribution in [3.8, 4) is 0 Å². The van der Waals surface area contributed by atoms with E-state index in [1.807, 2.05) is 0 Å². The van der Waals surface area contributed by atoms with E-state index in [2.05, 4.69) is 26.5 Å². The van der Waals surface area contributed by atoms with Crippen molar-refractivity contribution in [2.45, 2.75) is 0 Å². The third-order valence-corrected chi connectivity index (χ3v) is 3.09. The second kappa shape index (κ2) is 8.06. The number of carbonyl (C=O) groups is 2. The van der Waals surface area contributed by atoms with Crippen LogP contribution >= 0.6 is 15.9 Å². The largest absolute Gasteiger partial charge is 0.448 e. The van der Waals surface area contributed by atoms with Crippen molar-refractivity contribution < 1.29 is 19.2 Å². The number of hydrogen-bond donors (Lipinski definition) is 3. The van der Waals surface area contributed by atoms with Gasteiger partial charge in [0.1, 0.15) is 5.76 Å². The number of hydrogen-bond acceptors (Lipinski definition) is 5. The van der Waals surface area contributed by atoms with E-state index in [-0.39, 0.29) is 5.91 Å². The molecule has 1 aromatic heterocycles. The molecule has 0 bridgehead atoms. The van der Waals surface area contributed by atoms with Gasteiger partial charge in [-0.3, -0.25) is 14.8 Å². The Morgan fingerprint density at radius 3 is 2.52 bits per heavy atom. The third kappa shape index (κ3) is 5.20. The quantitative estimate of drug-likeness (QED) is 0.322. The predicted octanol–water partition coefficient (Wildman–Crippen LogP) is 2.32. The van der Waals surface area contributed by atoms with E-state index in [4.69, 9.17) is 9.62 Å². The van der Waals surface area contributed by atoms with E-state index in [0.717, 1.165) is 0 Å². The van der Waals surface area contributed by atoms with Gasteiger partial charge in [-0.1, -0.05) is 12.1 Å². The molecule has 8 heteroatoms. The third-order valence-electron chi connectivity index (χ3n) is 2.66. The highest BCUT2D eigenvalue weighted by Gasteiger charge is 2.03.